The highest BCUT2D eigenvalue weighted by molar-refractivity contribution is 5.85. The molecule has 0 fully saturated rings. The number of carbonyl (C=O) groups excluding carboxylic acids is 3. The van der Waals surface area contributed by atoms with E-state index < -0.39 is 30.8 Å². The van der Waals surface area contributed by atoms with Crippen molar-refractivity contribution in [3.05, 3.63) is 12.7 Å². The monoisotopic (exact) mass is 244 g/mol. The molecule has 0 bridgehead atoms. The lowest BCUT2D eigenvalue weighted by Gasteiger charge is -2.16. The van der Waals surface area contributed by atoms with Crippen molar-refractivity contribution in [1.29, 1.82) is 0 Å². The third kappa shape index (κ3) is 5.82. The van der Waals surface area contributed by atoms with Gasteiger partial charge in [0.05, 0.1) is 0 Å². The van der Waals surface area contributed by atoms with E-state index in [0.717, 1.165) is 0 Å². The van der Waals surface area contributed by atoms with Gasteiger partial charge in [-0.3, -0.25) is 4.79 Å². The number of ketones is 1. The first-order chi connectivity index (χ1) is 7.92. The molecule has 0 aromatic heterocycles. The zero-order chi connectivity index (χ0) is 13.4. The van der Waals surface area contributed by atoms with Crippen molar-refractivity contribution in [2.24, 2.45) is 0 Å². The van der Waals surface area contributed by atoms with Crippen molar-refractivity contribution >= 4 is 17.7 Å². The van der Waals surface area contributed by atoms with Crippen LogP contribution < -0.4 is 0 Å². The Balaban J connectivity index is 4.34. The summed E-state index contributed by atoms with van der Waals surface area (Å²) in [4.78, 5) is 33.2. The second-order valence-electron chi connectivity index (χ2n) is 3.35. The minimum absolute atomic E-state index is 0.196. The van der Waals surface area contributed by atoms with Crippen LogP contribution in [-0.4, -0.2) is 41.6 Å². The van der Waals surface area contributed by atoms with Crippen LogP contribution in [0.15, 0.2) is 12.7 Å². The van der Waals surface area contributed by atoms with Crippen LogP contribution in [0.3, 0.4) is 0 Å². The maximum atomic E-state index is 11.4. The molecule has 0 aromatic carbocycles. The topological polar surface area (TPSA) is 89.9 Å². The Hall–Kier alpha value is -1.69. The zero-order valence-corrected chi connectivity index (χ0v) is 9.84. The SMILES string of the molecule is C=CCC(OC(=O)C(C)OC(=O)CO)C(C)=O. The summed E-state index contributed by atoms with van der Waals surface area (Å²) in [6.45, 7) is 5.19. The molecular weight excluding hydrogens is 228 g/mol. The second kappa shape index (κ2) is 7.56. The average Bonchev–Trinajstić information content (AvgIpc) is 2.27. The third-order valence-electron chi connectivity index (χ3n) is 1.86. The number of hydrogen-bond acceptors (Lipinski definition) is 6. The molecule has 0 heterocycles. The standard InChI is InChI=1S/C11H16O6/c1-4-5-9(7(2)13)17-11(15)8(3)16-10(14)6-12/h4,8-9,12H,1,5-6H2,2-3H3. The zero-order valence-electron chi connectivity index (χ0n) is 9.84. The lowest BCUT2D eigenvalue weighted by atomic mass is 10.2. The number of rotatable bonds is 7. The number of esters is 2. The molecule has 0 aliphatic carbocycles. The van der Waals surface area contributed by atoms with Crippen molar-refractivity contribution in [2.75, 3.05) is 6.61 Å². The van der Waals surface area contributed by atoms with Crippen LogP contribution in [0.5, 0.6) is 0 Å². The minimum atomic E-state index is -1.17. The molecule has 96 valence electrons. The van der Waals surface area contributed by atoms with Crippen LogP contribution in [0.25, 0.3) is 0 Å². The molecule has 0 saturated heterocycles. The molecule has 2 unspecified atom stereocenters. The molecule has 17 heavy (non-hydrogen) atoms. The molecule has 0 aliphatic heterocycles. The third-order valence-corrected chi connectivity index (χ3v) is 1.86. The molecule has 1 N–H and O–H groups in total. The smallest absolute Gasteiger partial charge is 0.347 e. The van der Waals surface area contributed by atoms with Gasteiger partial charge >= 0.3 is 11.9 Å². The summed E-state index contributed by atoms with van der Waals surface area (Å²) in [5.74, 6) is -2.09. The van der Waals surface area contributed by atoms with Gasteiger partial charge in [0.15, 0.2) is 18.0 Å². The van der Waals surface area contributed by atoms with E-state index >= 15 is 0 Å². The van der Waals surface area contributed by atoms with E-state index in [0.29, 0.717) is 0 Å². The van der Waals surface area contributed by atoms with Crippen molar-refractivity contribution in [3.8, 4) is 0 Å². The van der Waals surface area contributed by atoms with Gasteiger partial charge in [-0.15, -0.1) is 6.58 Å². The van der Waals surface area contributed by atoms with Crippen LogP contribution in [0, 0.1) is 0 Å². The number of aliphatic hydroxyl groups excluding tert-OH is 1. The molecule has 0 aliphatic rings. The van der Waals surface area contributed by atoms with Gasteiger partial charge < -0.3 is 14.6 Å². The summed E-state index contributed by atoms with van der Waals surface area (Å²) >= 11 is 0. The molecule has 0 aromatic rings. The highest BCUT2D eigenvalue weighted by Gasteiger charge is 2.24. The Morgan fingerprint density at radius 1 is 1.35 bits per heavy atom. The number of aliphatic hydroxyl groups is 1. The molecule has 0 amide bonds. The van der Waals surface area contributed by atoms with E-state index in [1.165, 1.54) is 19.9 Å². The predicted octanol–water partition coefficient (Wildman–Crippen LogP) is -0.0127. The predicted molar refractivity (Wildman–Crippen MR) is 58.0 cm³/mol. The van der Waals surface area contributed by atoms with Crippen LogP contribution in [-0.2, 0) is 23.9 Å². The lowest BCUT2D eigenvalue weighted by molar-refractivity contribution is -0.172. The lowest BCUT2D eigenvalue weighted by Crippen LogP contribution is -2.33. The number of hydrogen-bond donors (Lipinski definition) is 1. The van der Waals surface area contributed by atoms with Crippen molar-refractivity contribution in [1.82, 2.24) is 0 Å². The van der Waals surface area contributed by atoms with Gasteiger partial charge in [-0.2, -0.15) is 0 Å². The first-order valence-electron chi connectivity index (χ1n) is 5.04. The number of Topliss-reactive ketones (excluding diaryl/α,β-unsaturated/α-hetero) is 1. The van der Waals surface area contributed by atoms with Crippen LogP contribution in [0.4, 0.5) is 0 Å². The van der Waals surface area contributed by atoms with Crippen LogP contribution in [0.1, 0.15) is 20.3 Å². The van der Waals surface area contributed by atoms with E-state index in [-0.39, 0.29) is 12.2 Å². The fraction of sp³-hybridized carbons (Fsp3) is 0.545. The second-order valence-corrected chi connectivity index (χ2v) is 3.35. The van der Waals surface area contributed by atoms with Gasteiger partial charge in [-0.25, -0.2) is 9.59 Å². The highest BCUT2D eigenvalue weighted by atomic mass is 16.6. The molecule has 0 radical (unpaired) electrons. The molecule has 6 heteroatoms. The van der Waals surface area contributed by atoms with Crippen molar-refractivity contribution in [3.63, 3.8) is 0 Å². The summed E-state index contributed by atoms with van der Waals surface area (Å²) in [6, 6.07) is 0. The molecule has 0 spiro atoms. The quantitative estimate of drug-likeness (QED) is 0.500. The Kier molecular flexibility index (Phi) is 6.81. The summed E-state index contributed by atoms with van der Waals surface area (Å²) in [5, 5.41) is 8.43. The summed E-state index contributed by atoms with van der Waals surface area (Å²) in [5.41, 5.74) is 0. The average molecular weight is 244 g/mol. The maximum Gasteiger partial charge on any atom is 0.347 e. The van der Waals surface area contributed by atoms with E-state index in [1.807, 2.05) is 0 Å². The molecule has 2 atom stereocenters. The largest absolute Gasteiger partial charge is 0.451 e. The van der Waals surface area contributed by atoms with Gasteiger partial charge in [0, 0.05) is 6.42 Å². The van der Waals surface area contributed by atoms with Gasteiger partial charge in [-0.05, 0) is 13.8 Å². The van der Waals surface area contributed by atoms with E-state index in [9.17, 15) is 14.4 Å². The van der Waals surface area contributed by atoms with E-state index in [1.54, 1.807) is 0 Å². The van der Waals surface area contributed by atoms with Gasteiger partial charge in [0.1, 0.15) is 6.61 Å². The van der Waals surface area contributed by atoms with Crippen LogP contribution >= 0.6 is 0 Å². The van der Waals surface area contributed by atoms with E-state index in [4.69, 9.17) is 9.84 Å². The Labute approximate surface area is 99.2 Å². The summed E-state index contributed by atoms with van der Waals surface area (Å²) in [6.07, 6.45) is -0.442. The molecule has 0 saturated carbocycles. The fourth-order valence-corrected chi connectivity index (χ4v) is 0.967. The van der Waals surface area contributed by atoms with Crippen molar-refractivity contribution in [2.45, 2.75) is 32.5 Å². The number of ether oxygens (including phenoxy) is 2. The van der Waals surface area contributed by atoms with Crippen LogP contribution in [0.2, 0.25) is 0 Å². The molecule has 6 nitrogen and oxygen atoms in total. The van der Waals surface area contributed by atoms with E-state index in [2.05, 4.69) is 11.3 Å². The number of carbonyl (C=O) groups is 3. The van der Waals surface area contributed by atoms with Gasteiger partial charge in [0.25, 0.3) is 0 Å². The normalized spacial score (nSPS) is 13.4. The maximum absolute atomic E-state index is 11.4. The Morgan fingerprint density at radius 2 is 1.94 bits per heavy atom. The van der Waals surface area contributed by atoms with Crippen molar-refractivity contribution < 1.29 is 29.0 Å². The fourth-order valence-electron chi connectivity index (χ4n) is 0.967. The first kappa shape index (κ1) is 15.3. The van der Waals surface area contributed by atoms with Gasteiger partial charge in [0.2, 0.25) is 0 Å². The first-order valence-corrected chi connectivity index (χ1v) is 5.04. The molecular formula is C11H16O6. The summed E-state index contributed by atoms with van der Waals surface area (Å²) < 4.78 is 9.36. The highest BCUT2D eigenvalue weighted by Crippen LogP contribution is 2.05. The van der Waals surface area contributed by atoms with Gasteiger partial charge in [-0.1, -0.05) is 6.08 Å². The minimum Gasteiger partial charge on any atom is -0.451 e. The Bertz CT molecular complexity index is 309. The molecule has 0 rings (SSSR count). The Morgan fingerprint density at radius 3 is 2.35 bits per heavy atom. The summed E-state index contributed by atoms with van der Waals surface area (Å²) in [7, 11) is 0.